The van der Waals surface area contributed by atoms with Crippen LogP contribution < -0.4 is 11.1 Å². The molecule has 1 aromatic carbocycles. The van der Waals surface area contributed by atoms with Gasteiger partial charge in [-0.2, -0.15) is 0 Å². The Morgan fingerprint density at radius 2 is 1.95 bits per heavy atom. The molecular formula is C16H23FN2O2. The largest absolute Gasteiger partial charge is 0.444 e. The maximum atomic E-state index is 14.0. The van der Waals surface area contributed by atoms with Gasteiger partial charge in [-0.15, -0.1) is 0 Å². The number of ether oxygens (including phenoxy) is 1. The predicted molar refractivity (Wildman–Crippen MR) is 80.8 cm³/mol. The Balaban J connectivity index is 2.15. The zero-order valence-electron chi connectivity index (χ0n) is 13.2. The van der Waals surface area contributed by atoms with Crippen LogP contribution >= 0.6 is 0 Å². The van der Waals surface area contributed by atoms with Crippen LogP contribution in [0.4, 0.5) is 14.9 Å². The molecule has 1 fully saturated rings. The van der Waals surface area contributed by atoms with E-state index in [1.807, 2.05) is 13.8 Å². The Morgan fingerprint density at radius 3 is 2.43 bits per heavy atom. The number of benzene rings is 1. The highest BCUT2D eigenvalue weighted by Crippen LogP contribution is 2.58. The summed E-state index contributed by atoms with van der Waals surface area (Å²) in [7, 11) is 0. The average molecular weight is 294 g/mol. The smallest absolute Gasteiger partial charge is 0.412 e. The molecular weight excluding hydrogens is 271 g/mol. The first-order chi connectivity index (χ1) is 9.52. The van der Waals surface area contributed by atoms with Crippen molar-refractivity contribution in [2.45, 2.75) is 52.2 Å². The minimum Gasteiger partial charge on any atom is -0.444 e. The molecule has 0 spiro atoms. The lowest BCUT2D eigenvalue weighted by Crippen LogP contribution is -2.27. The molecule has 3 N–H and O–H groups in total. The molecule has 1 aliphatic carbocycles. The second-order valence-corrected chi connectivity index (χ2v) is 7.19. The van der Waals surface area contributed by atoms with Crippen LogP contribution in [0.2, 0.25) is 0 Å². The van der Waals surface area contributed by atoms with Gasteiger partial charge < -0.3 is 10.5 Å². The summed E-state index contributed by atoms with van der Waals surface area (Å²) in [4.78, 5) is 11.7. The van der Waals surface area contributed by atoms with E-state index in [-0.39, 0.29) is 23.2 Å². The van der Waals surface area contributed by atoms with Crippen LogP contribution in [0.25, 0.3) is 0 Å². The fourth-order valence-electron chi connectivity index (χ4n) is 2.55. The van der Waals surface area contributed by atoms with Crippen LogP contribution in [-0.2, 0) is 4.74 Å². The quantitative estimate of drug-likeness (QED) is 0.875. The van der Waals surface area contributed by atoms with Gasteiger partial charge in [-0.1, -0.05) is 13.8 Å². The highest BCUT2D eigenvalue weighted by Gasteiger charge is 2.57. The Hall–Kier alpha value is -1.62. The summed E-state index contributed by atoms with van der Waals surface area (Å²) in [6, 6.07) is 4.44. The Labute approximate surface area is 124 Å². The number of hydrogen-bond acceptors (Lipinski definition) is 3. The van der Waals surface area contributed by atoms with Crippen molar-refractivity contribution in [3.8, 4) is 0 Å². The van der Waals surface area contributed by atoms with Crippen LogP contribution in [0.15, 0.2) is 18.2 Å². The van der Waals surface area contributed by atoms with E-state index in [0.29, 0.717) is 11.3 Å². The van der Waals surface area contributed by atoms with Gasteiger partial charge in [0.15, 0.2) is 0 Å². The summed E-state index contributed by atoms with van der Waals surface area (Å²) in [6.45, 7) is 9.38. The van der Waals surface area contributed by atoms with Crippen LogP contribution in [0.5, 0.6) is 0 Å². The molecule has 0 aromatic heterocycles. The molecule has 1 amide bonds. The first kappa shape index (κ1) is 15.8. The summed E-state index contributed by atoms with van der Waals surface area (Å²) in [6.07, 6.45) is -0.556. The molecule has 0 bridgehead atoms. The molecule has 4 nitrogen and oxygen atoms in total. The fraction of sp³-hybridized carbons (Fsp3) is 0.562. The number of nitrogens with two attached hydrogens (primary N) is 1. The molecule has 0 saturated heterocycles. The van der Waals surface area contributed by atoms with Gasteiger partial charge in [0, 0.05) is 17.6 Å². The lowest BCUT2D eigenvalue weighted by Gasteiger charge is -2.20. The fourth-order valence-corrected chi connectivity index (χ4v) is 2.55. The minimum absolute atomic E-state index is 0.0297. The molecule has 21 heavy (non-hydrogen) atoms. The van der Waals surface area contributed by atoms with Crippen LogP contribution in [0, 0.1) is 11.2 Å². The number of rotatable bonds is 2. The van der Waals surface area contributed by atoms with Crippen LogP contribution in [-0.4, -0.2) is 17.7 Å². The van der Waals surface area contributed by atoms with Gasteiger partial charge >= 0.3 is 6.09 Å². The summed E-state index contributed by atoms with van der Waals surface area (Å²) < 4.78 is 19.2. The standard InChI is InChI=1S/C16H23FN2O2/c1-15(2,3)21-14(20)19-9-6-7-11(17)10(8-9)12-13(18)16(12,4)5/h6-8,12-13H,18H2,1-5H3,(H,19,20)/t12-,13-/m1/s1. The van der Waals surface area contributed by atoms with Gasteiger partial charge in [-0.3, -0.25) is 5.32 Å². The van der Waals surface area contributed by atoms with Crippen molar-refractivity contribution >= 4 is 11.8 Å². The van der Waals surface area contributed by atoms with Crippen molar-refractivity contribution in [1.82, 2.24) is 0 Å². The van der Waals surface area contributed by atoms with Gasteiger partial charge in [0.25, 0.3) is 0 Å². The molecule has 0 aliphatic heterocycles. The van der Waals surface area contributed by atoms with Gasteiger partial charge in [0.1, 0.15) is 11.4 Å². The van der Waals surface area contributed by atoms with Gasteiger partial charge in [0.2, 0.25) is 0 Å². The van der Waals surface area contributed by atoms with Crippen molar-refractivity contribution in [3.63, 3.8) is 0 Å². The highest BCUT2D eigenvalue weighted by atomic mass is 19.1. The number of anilines is 1. The summed E-state index contributed by atoms with van der Waals surface area (Å²) in [5.41, 5.74) is 6.36. The van der Waals surface area contributed by atoms with Crippen molar-refractivity contribution in [3.05, 3.63) is 29.6 Å². The molecule has 0 heterocycles. The van der Waals surface area contributed by atoms with E-state index in [1.165, 1.54) is 12.1 Å². The SMILES string of the molecule is CC(C)(C)OC(=O)Nc1ccc(F)c([C@@H]2[C@@H](N)C2(C)C)c1. The van der Waals surface area contributed by atoms with Crippen LogP contribution in [0.1, 0.15) is 46.1 Å². The van der Waals surface area contributed by atoms with Gasteiger partial charge in [0.05, 0.1) is 0 Å². The second-order valence-electron chi connectivity index (χ2n) is 7.19. The Morgan fingerprint density at radius 1 is 1.38 bits per heavy atom. The number of hydrogen-bond donors (Lipinski definition) is 2. The Kier molecular flexibility index (Phi) is 3.74. The molecule has 0 radical (unpaired) electrons. The zero-order chi connectivity index (χ0) is 16.0. The number of carbonyl (C=O) groups is 1. The van der Waals surface area contributed by atoms with Gasteiger partial charge in [-0.25, -0.2) is 9.18 Å². The first-order valence-corrected chi connectivity index (χ1v) is 7.07. The van der Waals surface area contributed by atoms with Crippen molar-refractivity contribution in [1.29, 1.82) is 0 Å². The third kappa shape index (κ3) is 3.35. The molecule has 1 saturated carbocycles. The summed E-state index contributed by atoms with van der Waals surface area (Å²) in [5, 5.41) is 2.62. The summed E-state index contributed by atoms with van der Waals surface area (Å²) in [5.74, 6) is -0.325. The zero-order valence-corrected chi connectivity index (χ0v) is 13.2. The van der Waals surface area contributed by atoms with Gasteiger partial charge in [-0.05, 0) is 49.9 Å². The monoisotopic (exact) mass is 294 g/mol. The van der Waals surface area contributed by atoms with Crippen LogP contribution in [0.3, 0.4) is 0 Å². The van der Waals surface area contributed by atoms with E-state index < -0.39 is 11.7 Å². The molecule has 116 valence electrons. The first-order valence-electron chi connectivity index (χ1n) is 7.07. The maximum Gasteiger partial charge on any atom is 0.412 e. The lowest BCUT2D eigenvalue weighted by atomic mass is 10.0. The van der Waals surface area contributed by atoms with E-state index in [9.17, 15) is 9.18 Å². The molecule has 0 unspecified atom stereocenters. The number of halogens is 1. The average Bonchev–Trinajstić information content (AvgIpc) is 2.78. The van der Waals surface area contributed by atoms with E-state index in [1.54, 1.807) is 26.8 Å². The molecule has 5 heteroatoms. The molecule has 2 atom stereocenters. The summed E-state index contributed by atoms with van der Waals surface area (Å²) >= 11 is 0. The van der Waals surface area contributed by atoms with Crippen molar-refractivity contribution < 1.29 is 13.9 Å². The number of carbonyl (C=O) groups excluding carboxylic acids is 1. The predicted octanol–water partition coefficient (Wildman–Crippen LogP) is 3.62. The van der Waals surface area contributed by atoms with Crippen molar-refractivity contribution in [2.24, 2.45) is 11.1 Å². The van der Waals surface area contributed by atoms with E-state index >= 15 is 0 Å². The second kappa shape index (κ2) is 4.98. The van der Waals surface area contributed by atoms with E-state index in [2.05, 4.69) is 5.32 Å². The third-order valence-corrected chi connectivity index (χ3v) is 3.89. The molecule has 1 aromatic rings. The van der Waals surface area contributed by atoms with E-state index in [0.717, 1.165) is 0 Å². The molecule has 1 aliphatic rings. The number of nitrogens with one attached hydrogen (secondary N) is 1. The highest BCUT2D eigenvalue weighted by molar-refractivity contribution is 5.85. The lowest BCUT2D eigenvalue weighted by molar-refractivity contribution is 0.0636. The maximum absolute atomic E-state index is 14.0. The number of amides is 1. The third-order valence-electron chi connectivity index (χ3n) is 3.89. The minimum atomic E-state index is -0.576. The molecule has 2 rings (SSSR count). The van der Waals surface area contributed by atoms with E-state index in [4.69, 9.17) is 10.5 Å². The Bertz CT molecular complexity index is 564. The normalized spacial score (nSPS) is 23.6. The van der Waals surface area contributed by atoms with Crippen molar-refractivity contribution in [2.75, 3.05) is 5.32 Å². The topological polar surface area (TPSA) is 64.3 Å².